The summed E-state index contributed by atoms with van der Waals surface area (Å²) in [5.41, 5.74) is 1.01. The molecular weight excluding hydrogens is 363 g/mol. The van der Waals surface area contributed by atoms with Crippen molar-refractivity contribution in [3.05, 3.63) is 41.0 Å². The van der Waals surface area contributed by atoms with E-state index >= 15 is 0 Å². The maximum absolute atomic E-state index is 13.5. The molecule has 10 heteroatoms. The third kappa shape index (κ3) is 4.64. The minimum atomic E-state index is -4.03. The molecule has 0 aliphatic heterocycles. The molecule has 0 saturated heterocycles. The van der Waals surface area contributed by atoms with E-state index in [1.165, 1.54) is 10.6 Å². The second kappa shape index (κ2) is 8.37. The van der Waals surface area contributed by atoms with Gasteiger partial charge in [0.15, 0.2) is 5.82 Å². The van der Waals surface area contributed by atoms with Crippen molar-refractivity contribution in [1.82, 2.24) is 20.1 Å². The van der Waals surface area contributed by atoms with E-state index in [-0.39, 0.29) is 17.5 Å². The lowest BCUT2D eigenvalue weighted by atomic mass is 10.1. The second-order valence-corrected chi connectivity index (χ2v) is 7.71. The monoisotopic (exact) mass is 384 g/mol. The summed E-state index contributed by atoms with van der Waals surface area (Å²) in [7, 11) is -4.03. The lowest BCUT2D eigenvalue weighted by Crippen LogP contribution is -2.31. The van der Waals surface area contributed by atoms with Crippen LogP contribution in [0.4, 0.5) is 4.39 Å². The summed E-state index contributed by atoms with van der Waals surface area (Å²) >= 11 is 0. The van der Waals surface area contributed by atoms with Gasteiger partial charge in [-0.3, -0.25) is 9.36 Å². The van der Waals surface area contributed by atoms with Crippen LogP contribution in [0.2, 0.25) is 0 Å². The van der Waals surface area contributed by atoms with Gasteiger partial charge in [0.25, 0.3) is 0 Å². The highest BCUT2D eigenvalue weighted by Crippen LogP contribution is 2.13. The number of benzene rings is 1. The molecule has 0 atom stereocenters. The highest BCUT2D eigenvalue weighted by atomic mass is 32.2. The average molecular weight is 384 g/mol. The summed E-state index contributed by atoms with van der Waals surface area (Å²) in [4.78, 5) is 12.0. The fourth-order valence-electron chi connectivity index (χ4n) is 2.35. The van der Waals surface area contributed by atoms with Crippen molar-refractivity contribution in [3.8, 4) is 0 Å². The van der Waals surface area contributed by atoms with Crippen molar-refractivity contribution < 1.29 is 22.7 Å². The van der Waals surface area contributed by atoms with Gasteiger partial charge in [-0.15, -0.1) is 10.2 Å². The molecule has 0 radical (unpaired) electrons. The Morgan fingerprint density at radius 1 is 1.35 bits per heavy atom. The molecule has 0 spiro atoms. The molecular formula is C16H21FN4O4S. The van der Waals surface area contributed by atoms with Crippen molar-refractivity contribution in [1.29, 1.82) is 0 Å². The molecule has 1 amide bonds. The Morgan fingerprint density at radius 3 is 2.69 bits per heavy atom. The van der Waals surface area contributed by atoms with Gasteiger partial charge in [-0.05, 0) is 30.5 Å². The summed E-state index contributed by atoms with van der Waals surface area (Å²) in [6, 6.07) is 4.52. The van der Waals surface area contributed by atoms with E-state index in [0.29, 0.717) is 24.1 Å². The lowest BCUT2D eigenvalue weighted by Gasteiger charge is -2.09. The van der Waals surface area contributed by atoms with E-state index < -0.39 is 33.9 Å². The molecule has 8 nitrogen and oxygen atoms in total. The predicted octanol–water partition coefficient (Wildman–Crippen LogP) is 0.718. The van der Waals surface area contributed by atoms with E-state index in [2.05, 4.69) is 15.5 Å². The Kier molecular flexibility index (Phi) is 6.43. The molecule has 0 fully saturated rings. The summed E-state index contributed by atoms with van der Waals surface area (Å²) < 4.78 is 39.7. The summed E-state index contributed by atoms with van der Waals surface area (Å²) in [5, 5.41) is 18.6. The van der Waals surface area contributed by atoms with Crippen molar-refractivity contribution in [2.75, 3.05) is 5.75 Å². The first-order valence-electron chi connectivity index (χ1n) is 8.06. The molecule has 0 unspecified atom stereocenters. The number of aliphatic hydroxyl groups is 1. The van der Waals surface area contributed by atoms with E-state index in [4.69, 9.17) is 0 Å². The molecule has 0 aliphatic rings. The lowest BCUT2D eigenvalue weighted by molar-refractivity contribution is -0.118. The molecule has 0 saturated carbocycles. The van der Waals surface area contributed by atoms with Crippen LogP contribution < -0.4 is 5.32 Å². The zero-order chi connectivity index (χ0) is 19.3. The Balaban J connectivity index is 2.07. The molecule has 2 aromatic rings. The van der Waals surface area contributed by atoms with Gasteiger partial charge in [0.05, 0.1) is 0 Å². The number of halogens is 1. The zero-order valence-corrected chi connectivity index (χ0v) is 15.4. The first-order chi connectivity index (χ1) is 12.3. The van der Waals surface area contributed by atoms with E-state index in [1.54, 1.807) is 19.1 Å². The van der Waals surface area contributed by atoms with Crippen LogP contribution in [0.1, 0.15) is 30.3 Å². The number of carbonyl (C=O) groups is 1. The van der Waals surface area contributed by atoms with Crippen molar-refractivity contribution >= 4 is 15.7 Å². The first kappa shape index (κ1) is 20.0. The molecule has 0 aliphatic carbocycles. The number of hydrogen-bond acceptors (Lipinski definition) is 6. The van der Waals surface area contributed by atoms with Crippen molar-refractivity contribution in [2.45, 2.75) is 45.1 Å². The summed E-state index contributed by atoms with van der Waals surface area (Å²) in [6.07, 6.45) is 0.610. The maximum Gasteiger partial charge on any atom is 0.250 e. The normalized spacial score (nSPS) is 11.5. The zero-order valence-electron chi connectivity index (χ0n) is 14.6. The quantitative estimate of drug-likeness (QED) is 0.693. The van der Waals surface area contributed by atoms with Crippen LogP contribution in [0.15, 0.2) is 23.4 Å². The van der Waals surface area contributed by atoms with Gasteiger partial charge in [0.1, 0.15) is 18.2 Å². The standard InChI is InChI=1S/C16H21FN4O4S/c1-3-6-21-14(9-22)19-20-16(21)26(24,25)10-15(23)18-8-12-5-4-11(2)13(17)7-12/h4-5,7,22H,3,6,8-10H2,1-2H3,(H,18,23). The number of aromatic nitrogens is 3. The second-order valence-electron chi connectivity index (χ2n) is 5.83. The minimum Gasteiger partial charge on any atom is -0.388 e. The highest BCUT2D eigenvalue weighted by molar-refractivity contribution is 7.91. The van der Waals surface area contributed by atoms with Gasteiger partial charge in [0.2, 0.25) is 20.9 Å². The Morgan fingerprint density at radius 2 is 2.08 bits per heavy atom. The van der Waals surface area contributed by atoms with Crippen LogP contribution in [-0.2, 0) is 34.3 Å². The van der Waals surface area contributed by atoms with Gasteiger partial charge in [-0.2, -0.15) is 0 Å². The first-order valence-corrected chi connectivity index (χ1v) is 9.71. The number of nitrogens with zero attached hydrogens (tertiary/aromatic N) is 3. The van der Waals surface area contributed by atoms with Crippen LogP contribution >= 0.6 is 0 Å². The molecule has 1 aromatic carbocycles. The largest absolute Gasteiger partial charge is 0.388 e. The number of nitrogens with one attached hydrogen (secondary N) is 1. The van der Waals surface area contributed by atoms with Gasteiger partial charge in [-0.1, -0.05) is 19.1 Å². The Hall–Kier alpha value is -2.33. The van der Waals surface area contributed by atoms with Crippen molar-refractivity contribution in [3.63, 3.8) is 0 Å². The summed E-state index contributed by atoms with van der Waals surface area (Å²) in [6.45, 7) is 3.33. The van der Waals surface area contributed by atoms with Gasteiger partial charge >= 0.3 is 0 Å². The predicted molar refractivity (Wildman–Crippen MR) is 91.3 cm³/mol. The van der Waals surface area contributed by atoms with Crippen LogP contribution in [0, 0.1) is 12.7 Å². The van der Waals surface area contributed by atoms with Crippen molar-refractivity contribution in [2.24, 2.45) is 0 Å². The van der Waals surface area contributed by atoms with Crippen LogP contribution in [0.3, 0.4) is 0 Å². The number of carbonyl (C=O) groups excluding carboxylic acids is 1. The van der Waals surface area contributed by atoms with E-state index in [9.17, 15) is 22.7 Å². The Labute approximate surface area is 151 Å². The van der Waals surface area contributed by atoms with Crippen LogP contribution in [0.25, 0.3) is 0 Å². The average Bonchev–Trinajstić information content (AvgIpc) is 2.99. The fourth-order valence-corrected chi connectivity index (χ4v) is 3.62. The smallest absolute Gasteiger partial charge is 0.250 e. The number of aryl methyl sites for hydroxylation is 1. The van der Waals surface area contributed by atoms with Gasteiger partial charge < -0.3 is 10.4 Å². The minimum absolute atomic E-state index is 0.00902. The van der Waals surface area contributed by atoms with Gasteiger partial charge in [0, 0.05) is 13.1 Å². The molecule has 26 heavy (non-hydrogen) atoms. The third-order valence-corrected chi connectivity index (χ3v) is 5.21. The number of amides is 1. The maximum atomic E-state index is 13.5. The SMILES string of the molecule is CCCn1c(CO)nnc1S(=O)(=O)CC(=O)NCc1ccc(C)c(F)c1. The highest BCUT2D eigenvalue weighted by Gasteiger charge is 2.27. The number of rotatable bonds is 8. The number of aliphatic hydroxyl groups excluding tert-OH is 1. The molecule has 2 rings (SSSR count). The molecule has 1 heterocycles. The third-order valence-electron chi connectivity index (χ3n) is 3.71. The van der Waals surface area contributed by atoms with Gasteiger partial charge in [-0.25, -0.2) is 12.8 Å². The number of sulfone groups is 1. The molecule has 142 valence electrons. The van der Waals surface area contributed by atoms with Crippen LogP contribution in [-0.4, -0.2) is 39.9 Å². The number of hydrogen-bond donors (Lipinski definition) is 2. The summed E-state index contributed by atoms with van der Waals surface area (Å²) in [5.74, 6) is -1.81. The van der Waals surface area contributed by atoms with E-state index in [1.807, 2.05) is 6.92 Å². The molecule has 2 N–H and O–H groups in total. The molecule has 1 aromatic heterocycles. The topological polar surface area (TPSA) is 114 Å². The molecule has 0 bridgehead atoms. The van der Waals surface area contributed by atoms with E-state index in [0.717, 1.165) is 0 Å². The van der Waals surface area contributed by atoms with Crippen LogP contribution in [0.5, 0.6) is 0 Å². The fraction of sp³-hybridized carbons (Fsp3) is 0.438. The Bertz CT molecular complexity index is 896.